The van der Waals surface area contributed by atoms with Gasteiger partial charge in [0.2, 0.25) is 0 Å². The largest absolute Gasteiger partial charge is 0.496 e. The molecule has 4 aromatic carbocycles. The van der Waals surface area contributed by atoms with Crippen molar-refractivity contribution in [1.29, 1.82) is 0 Å². The van der Waals surface area contributed by atoms with Gasteiger partial charge < -0.3 is 4.74 Å². The maximum Gasteiger partial charge on any atom is 0.126 e. The lowest BCUT2D eigenvalue weighted by atomic mass is 9.97. The molecule has 0 atom stereocenters. The van der Waals surface area contributed by atoms with Crippen LogP contribution in [0.25, 0.3) is 32.3 Å². The first-order valence-corrected chi connectivity index (χ1v) is 6.76. The summed E-state index contributed by atoms with van der Waals surface area (Å²) < 4.78 is 5.46. The zero-order valence-corrected chi connectivity index (χ0v) is 11.3. The van der Waals surface area contributed by atoms with Crippen LogP contribution in [0.5, 0.6) is 5.75 Å². The first kappa shape index (κ1) is 11.3. The second-order valence-electron chi connectivity index (χ2n) is 5.00. The molecule has 0 aliphatic carbocycles. The van der Waals surface area contributed by atoms with Crippen molar-refractivity contribution in [2.45, 2.75) is 0 Å². The van der Waals surface area contributed by atoms with Crippen molar-refractivity contribution in [2.24, 2.45) is 0 Å². The van der Waals surface area contributed by atoms with E-state index < -0.39 is 0 Å². The third kappa shape index (κ3) is 1.50. The Morgan fingerprint density at radius 1 is 0.550 bits per heavy atom. The standard InChI is InChI=1S/C19H14O/c1-20-19-8-4-7-15-17-10-9-13-5-2-3-6-14(13)16(17)11-12-18(15)19/h2-12H,1H3. The summed E-state index contributed by atoms with van der Waals surface area (Å²) in [5.41, 5.74) is 0. The molecular weight excluding hydrogens is 244 g/mol. The van der Waals surface area contributed by atoms with Crippen LogP contribution in [-0.2, 0) is 0 Å². The monoisotopic (exact) mass is 258 g/mol. The molecule has 0 radical (unpaired) electrons. The molecule has 0 aromatic heterocycles. The van der Waals surface area contributed by atoms with E-state index in [9.17, 15) is 0 Å². The van der Waals surface area contributed by atoms with Crippen molar-refractivity contribution in [3.8, 4) is 5.75 Å². The van der Waals surface area contributed by atoms with Gasteiger partial charge in [0.15, 0.2) is 0 Å². The Morgan fingerprint density at radius 3 is 2.10 bits per heavy atom. The molecule has 0 aliphatic rings. The first-order chi connectivity index (χ1) is 9.88. The van der Waals surface area contributed by atoms with E-state index in [1.165, 1.54) is 26.9 Å². The zero-order valence-electron chi connectivity index (χ0n) is 11.3. The van der Waals surface area contributed by atoms with Gasteiger partial charge >= 0.3 is 0 Å². The molecule has 1 heteroatoms. The predicted molar refractivity (Wildman–Crippen MR) is 85.5 cm³/mol. The van der Waals surface area contributed by atoms with Gasteiger partial charge in [0.05, 0.1) is 7.11 Å². The highest BCUT2D eigenvalue weighted by Crippen LogP contribution is 2.34. The molecule has 4 rings (SSSR count). The summed E-state index contributed by atoms with van der Waals surface area (Å²) >= 11 is 0. The summed E-state index contributed by atoms with van der Waals surface area (Å²) in [7, 11) is 1.72. The van der Waals surface area contributed by atoms with Gasteiger partial charge in [-0.15, -0.1) is 0 Å². The average molecular weight is 258 g/mol. The third-order valence-electron chi connectivity index (χ3n) is 3.96. The van der Waals surface area contributed by atoms with Crippen molar-refractivity contribution in [3.05, 3.63) is 66.7 Å². The van der Waals surface area contributed by atoms with Crippen LogP contribution in [0.1, 0.15) is 0 Å². The molecule has 0 fully saturated rings. The highest BCUT2D eigenvalue weighted by atomic mass is 16.5. The van der Waals surface area contributed by atoms with E-state index >= 15 is 0 Å². The van der Waals surface area contributed by atoms with Gasteiger partial charge in [-0.3, -0.25) is 0 Å². The molecule has 0 unspecified atom stereocenters. The molecule has 1 nitrogen and oxygen atoms in total. The number of ether oxygens (including phenoxy) is 1. The molecular formula is C19H14O. The molecule has 0 amide bonds. The Labute approximate surface area is 117 Å². The maximum atomic E-state index is 5.46. The van der Waals surface area contributed by atoms with Crippen molar-refractivity contribution < 1.29 is 4.74 Å². The van der Waals surface area contributed by atoms with Gasteiger partial charge in [0.25, 0.3) is 0 Å². The van der Waals surface area contributed by atoms with Crippen molar-refractivity contribution in [3.63, 3.8) is 0 Å². The summed E-state index contributed by atoms with van der Waals surface area (Å²) in [5.74, 6) is 0.928. The molecule has 0 heterocycles. The van der Waals surface area contributed by atoms with Crippen molar-refractivity contribution in [1.82, 2.24) is 0 Å². The van der Waals surface area contributed by atoms with Crippen molar-refractivity contribution >= 4 is 32.3 Å². The minimum absolute atomic E-state index is 0.928. The lowest BCUT2D eigenvalue weighted by Gasteiger charge is -2.10. The van der Waals surface area contributed by atoms with E-state index in [2.05, 4.69) is 60.7 Å². The average Bonchev–Trinajstić information content (AvgIpc) is 2.53. The summed E-state index contributed by atoms with van der Waals surface area (Å²) in [6, 6.07) is 23.5. The van der Waals surface area contributed by atoms with Crippen LogP contribution >= 0.6 is 0 Å². The highest BCUT2D eigenvalue weighted by molar-refractivity contribution is 6.18. The number of methoxy groups -OCH3 is 1. The Bertz CT molecular complexity index is 938. The highest BCUT2D eigenvalue weighted by Gasteiger charge is 2.06. The van der Waals surface area contributed by atoms with Gasteiger partial charge in [0.1, 0.15) is 5.75 Å². The number of rotatable bonds is 1. The van der Waals surface area contributed by atoms with E-state index in [1.54, 1.807) is 7.11 Å². The molecule has 0 aliphatic heterocycles. The Kier molecular flexibility index (Phi) is 2.40. The van der Waals surface area contributed by atoms with Crippen LogP contribution in [0, 0.1) is 0 Å². The molecule has 4 aromatic rings. The van der Waals surface area contributed by atoms with Crippen LogP contribution in [-0.4, -0.2) is 7.11 Å². The zero-order chi connectivity index (χ0) is 13.5. The Balaban J connectivity index is 2.23. The molecule has 96 valence electrons. The van der Waals surface area contributed by atoms with Gasteiger partial charge in [-0.1, -0.05) is 54.6 Å². The number of hydrogen-bond donors (Lipinski definition) is 0. The minimum Gasteiger partial charge on any atom is -0.496 e. The second kappa shape index (κ2) is 4.24. The molecule has 0 spiro atoms. The lowest BCUT2D eigenvalue weighted by molar-refractivity contribution is 0.420. The molecule has 0 N–H and O–H groups in total. The van der Waals surface area contributed by atoms with E-state index in [0.717, 1.165) is 11.1 Å². The summed E-state index contributed by atoms with van der Waals surface area (Å²) in [5, 5.41) is 7.56. The summed E-state index contributed by atoms with van der Waals surface area (Å²) in [4.78, 5) is 0. The van der Waals surface area contributed by atoms with Crippen LogP contribution in [0.4, 0.5) is 0 Å². The van der Waals surface area contributed by atoms with Crippen LogP contribution < -0.4 is 4.74 Å². The Morgan fingerprint density at radius 2 is 1.20 bits per heavy atom. The van der Waals surface area contributed by atoms with Crippen molar-refractivity contribution in [2.75, 3.05) is 7.11 Å². The van der Waals surface area contributed by atoms with E-state index in [0.29, 0.717) is 0 Å². The normalized spacial score (nSPS) is 11.2. The second-order valence-corrected chi connectivity index (χ2v) is 5.00. The van der Waals surface area contributed by atoms with Gasteiger partial charge in [-0.25, -0.2) is 0 Å². The molecule has 20 heavy (non-hydrogen) atoms. The maximum absolute atomic E-state index is 5.46. The summed E-state index contributed by atoms with van der Waals surface area (Å²) in [6.45, 7) is 0. The number of fused-ring (bicyclic) bond motifs is 5. The van der Waals surface area contributed by atoms with Gasteiger partial charge in [-0.2, -0.15) is 0 Å². The van der Waals surface area contributed by atoms with E-state index in [1.807, 2.05) is 6.07 Å². The fraction of sp³-hybridized carbons (Fsp3) is 0.0526. The molecule has 0 saturated heterocycles. The van der Waals surface area contributed by atoms with Crippen LogP contribution in [0.2, 0.25) is 0 Å². The third-order valence-corrected chi connectivity index (χ3v) is 3.96. The topological polar surface area (TPSA) is 9.23 Å². The fourth-order valence-corrected chi connectivity index (χ4v) is 3.01. The SMILES string of the molecule is COc1cccc2c1ccc1c3ccccc3ccc21. The quantitative estimate of drug-likeness (QED) is 0.429. The van der Waals surface area contributed by atoms with Crippen LogP contribution in [0.15, 0.2) is 66.7 Å². The number of benzene rings is 4. The summed E-state index contributed by atoms with van der Waals surface area (Å²) in [6.07, 6.45) is 0. The smallest absolute Gasteiger partial charge is 0.126 e. The van der Waals surface area contributed by atoms with Gasteiger partial charge in [-0.05, 0) is 39.1 Å². The minimum atomic E-state index is 0.928. The van der Waals surface area contributed by atoms with E-state index in [-0.39, 0.29) is 0 Å². The Hall–Kier alpha value is -2.54. The first-order valence-electron chi connectivity index (χ1n) is 6.76. The number of hydrogen-bond acceptors (Lipinski definition) is 1. The van der Waals surface area contributed by atoms with Gasteiger partial charge in [0, 0.05) is 5.39 Å². The molecule has 0 saturated carbocycles. The lowest BCUT2D eigenvalue weighted by Crippen LogP contribution is -1.86. The van der Waals surface area contributed by atoms with E-state index in [4.69, 9.17) is 4.74 Å². The predicted octanol–water partition coefficient (Wildman–Crippen LogP) is 5.15. The molecule has 0 bridgehead atoms. The van der Waals surface area contributed by atoms with Crippen LogP contribution in [0.3, 0.4) is 0 Å². The fourth-order valence-electron chi connectivity index (χ4n) is 3.01.